The fourth-order valence-electron chi connectivity index (χ4n) is 1.62. The minimum atomic E-state index is -4.55. The second-order valence-corrected chi connectivity index (χ2v) is 4.18. The number of rotatable bonds is 5. The number of aryl methyl sites for hydroxylation is 1. The first-order valence-corrected chi connectivity index (χ1v) is 5.65. The summed E-state index contributed by atoms with van der Waals surface area (Å²) in [6.45, 7) is 1.73. The van der Waals surface area contributed by atoms with Crippen LogP contribution >= 0.6 is 0 Å². The molecule has 0 bridgehead atoms. The molecular weight excluding hydrogens is 259 g/mol. The standard InChI is InChI=1S/C12H16F3N3O/c1-8-4-2-3-5-9(8)6-17-7-10(11(16)18-19)12(13,14)15/h2-5,10,17,19H,6-7H2,1H3,(H2,16,18). The number of amidine groups is 1. The summed E-state index contributed by atoms with van der Waals surface area (Å²) in [4.78, 5) is 0. The highest BCUT2D eigenvalue weighted by Crippen LogP contribution is 2.25. The van der Waals surface area contributed by atoms with Crippen molar-refractivity contribution in [3.8, 4) is 0 Å². The molecule has 0 aliphatic rings. The minimum Gasteiger partial charge on any atom is -0.409 e. The molecule has 1 aromatic rings. The van der Waals surface area contributed by atoms with Crippen molar-refractivity contribution in [3.05, 3.63) is 35.4 Å². The summed E-state index contributed by atoms with van der Waals surface area (Å²) in [5, 5.41) is 13.5. The summed E-state index contributed by atoms with van der Waals surface area (Å²) in [6, 6.07) is 7.37. The third-order valence-corrected chi connectivity index (χ3v) is 2.79. The molecule has 1 rings (SSSR count). The second kappa shape index (κ2) is 6.42. The molecule has 7 heteroatoms. The molecule has 0 spiro atoms. The van der Waals surface area contributed by atoms with E-state index in [1.807, 2.05) is 31.2 Å². The quantitative estimate of drug-likeness (QED) is 0.333. The number of oxime groups is 1. The van der Waals surface area contributed by atoms with Crippen molar-refractivity contribution in [1.29, 1.82) is 0 Å². The number of alkyl halides is 3. The Morgan fingerprint density at radius 3 is 2.58 bits per heavy atom. The topological polar surface area (TPSA) is 70.6 Å². The van der Waals surface area contributed by atoms with Gasteiger partial charge in [-0.15, -0.1) is 0 Å². The van der Waals surface area contributed by atoms with Crippen LogP contribution in [0.3, 0.4) is 0 Å². The third kappa shape index (κ3) is 4.44. The van der Waals surface area contributed by atoms with Crippen LogP contribution in [0.4, 0.5) is 13.2 Å². The molecule has 0 aromatic heterocycles. The van der Waals surface area contributed by atoms with Gasteiger partial charge in [0.1, 0.15) is 5.92 Å². The van der Waals surface area contributed by atoms with Gasteiger partial charge in [0.2, 0.25) is 0 Å². The molecule has 0 saturated carbocycles. The molecule has 1 aromatic carbocycles. The largest absolute Gasteiger partial charge is 0.409 e. The van der Waals surface area contributed by atoms with E-state index in [1.165, 1.54) is 0 Å². The number of hydrogen-bond acceptors (Lipinski definition) is 3. The number of halogens is 3. The molecule has 4 N–H and O–H groups in total. The number of nitrogens with two attached hydrogens (primary N) is 1. The Labute approximate surface area is 109 Å². The summed E-state index contributed by atoms with van der Waals surface area (Å²) in [5.74, 6) is -2.84. The van der Waals surface area contributed by atoms with Gasteiger partial charge in [0.25, 0.3) is 0 Å². The van der Waals surface area contributed by atoms with E-state index in [4.69, 9.17) is 10.9 Å². The fraction of sp³-hybridized carbons (Fsp3) is 0.417. The predicted molar refractivity (Wildman–Crippen MR) is 65.8 cm³/mol. The van der Waals surface area contributed by atoms with E-state index in [-0.39, 0.29) is 6.54 Å². The van der Waals surface area contributed by atoms with Crippen LogP contribution < -0.4 is 11.1 Å². The van der Waals surface area contributed by atoms with Gasteiger partial charge in [-0.1, -0.05) is 29.4 Å². The molecule has 106 valence electrons. The van der Waals surface area contributed by atoms with Crippen molar-refractivity contribution in [2.75, 3.05) is 6.54 Å². The highest BCUT2D eigenvalue weighted by atomic mass is 19.4. The molecule has 0 aliphatic heterocycles. The van der Waals surface area contributed by atoms with Gasteiger partial charge in [0.15, 0.2) is 5.84 Å². The Kier molecular flexibility index (Phi) is 5.17. The summed E-state index contributed by atoms with van der Waals surface area (Å²) in [7, 11) is 0. The lowest BCUT2D eigenvalue weighted by Gasteiger charge is -2.19. The monoisotopic (exact) mass is 275 g/mol. The molecular formula is C12H16F3N3O. The zero-order valence-corrected chi connectivity index (χ0v) is 10.4. The molecule has 0 saturated heterocycles. The predicted octanol–water partition coefficient (Wildman–Crippen LogP) is 2.01. The summed E-state index contributed by atoms with van der Waals surface area (Å²) < 4.78 is 38.0. The Hall–Kier alpha value is -1.76. The first-order valence-electron chi connectivity index (χ1n) is 5.65. The van der Waals surface area contributed by atoms with Crippen LogP contribution in [-0.2, 0) is 6.54 Å². The maximum absolute atomic E-state index is 12.7. The SMILES string of the molecule is Cc1ccccc1CNCC(/C(N)=N/O)C(F)(F)F. The molecule has 0 heterocycles. The van der Waals surface area contributed by atoms with Crippen LogP contribution in [-0.4, -0.2) is 23.8 Å². The molecule has 0 aliphatic carbocycles. The van der Waals surface area contributed by atoms with Crippen LogP contribution in [0.5, 0.6) is 0 Å². The molecule has 19 heavy (non-hydrogen) atoms. The molecule has 1 unspecified atom stereocenters. The van der Waals surface area contributed by atoms with E-state index >= 15 is 0 Å². The normalized spacial score (nSPS) is 14.4. The summed E-state index contributed by atoms with van der Waals surface area (Å²) >= 11 is 0. The maximum atomic E-state index is 12.7. The van der Waals surface area contributed by atoms with Gasteiger partial charge < -0.3 is 16.3 Å². The average molecular weight is 275 g/mol. The van der Waals surface area contributed by atoms with Crippen molar-refractivity contribution in [3.63, 3.8) is 0 Å². The lowest BCUT2D eigenvalue weighted by Crippen LogP contribution is -2.42. The Morgan fingerprint density at radius 2 is 2.05 bits per heavy atom. The smallest absolute Gasteiger partial charge is 0.400 e. The van der Waals surface area contributed by atoms with E-state index in [9.17, 15) is 13.2 Å². The minimum absolute atomic E-state index is 0.290. The Balaban J connectivity index is 2.61. The van der Waals surface area contributed by atoms with Crippen molar-refractivity contribution in [1.82, 2.24) is 5.32 Å². The molecule has 0 fully saturated rings. The lowest BCUT2D eigenvalue weighted by atomic mass is 10.1. The first kappa shape index (κ1) is 15.3. The fourth-order valence-corrected chi connectivity index (χ4v) is 1.62. The van der Waals surface area contributed by atoms with Gasteiger partial charge in [-0.3, -0.25) is 0 Å². The highest BCUT2D eigenvalue weighted by Gasteiger charge is 2.42. The van der Waals surface area contributed by atoms with Crippen molar-refractivity contribution >= 4 is 5.84 Å². The van der Waals surface area contributed by atoms with E-state index in [0.29, 0.717) is 0 Å². The zero-order chi connectivity index (χ0) is 14.5. The van der Waals surface area contributed by atoms with Gasteiger partial charge in [-0.05, 0) is 18.1 Å². The summed E-state index contributed by atoms with van der Waals surface area (Å²) in [5.41, 5.74) is 6.95. The number of nitrogens with zero attached hydrogens (tertiary/aromatic N) is 1. The van der Waals surface area contributed by atoms with E-state index in [1.54, 1.807) is 0 Å². The van der Waals surface area contributed by atoms with Gasteiger partial charge in [-0.25, -0.2) is 0 Å². The Morgan fingerprint density at radius 1 is 1.42 bits per heavy atom. The molecule has 1 atom stereocenters. The second-order valence-electron chi connectivity index (χ2n) is 4.18. The average Bonchev–Trinajstić information content (AvgIpc) is 2.34. The lowest BCUT2D eigenvalue weighted by molar-refractivity contribution is -0.154. The maximum Gasteiger partial charge on any atom is 0.400 e. The molecule has 0 radical (unpaired) electrons. The highest BCUT2D eigenvalue weighted by molar-refractivity contribution is 5.83. The Bertz CT molecular complexity index is 446. The van der Waals surface area contributed by atoms with Gasteiger partial charge >= 0.3 is 6.18 Å². The van der Waals surface area contributed by atoms with Crippen LogP contribution in [0, 0.1) is 12.8 Å². The molecule has 4 nitrogen and oxygen atoms in total. The van der Waals surface area contributed by atoms with Gasteiger partial charge in [-0.2, -0.15) is 13.2 Å². The van der Waals surface area contributed by atoms with Crippen LogP contribution in [0.2, 0.25) is 0 Å². The van der Waals surface area contributed by atoms with E-state index in [2.05, 4.69) is 10.5 Å². The number of benzene rings is 1. The van der Waals surface area contributed by atoms with Gasteiger partial charge in [0, 0.05) is 13.1 Å². The molecule has 0 amide bonds. The van der Waals surface area contributed by atoms with Gasteiger partial charge in [0.05, 0.1) is 0 Å². The van der Waals surface area contributed by atoms with Crippen LogP contribution in [0.1, 0.15) is 11.1 Å². The van der Waals surface area contributed by atoms with E-state index in [0.717, 1.165) is 11.1 Å². The van der Waals surface area contributed by atoms with Crippen LogP contribution in [0.25, 0.3) is 0 Å². The van der Waals surface area contributed by atoms with Crippen molar-refractivity contribution < 1.29 is 18.4 Å². The third-order valence-electron chi connectivity index (χ3n) is 2.79. The number of nitrogens with one attached hydrogen (secondary N) is 1. The van der Waals surface area contributed by atoms with E-state index < -0.39 is 24.5 Å². The first-order chi connectivity index (χ1) is 8.86. The zero-order valence-electron chi connectivity index (χ0n) is 10.4. The number of hydrogen-bond donors (Lipinski definition) is 3. The van der Waals surface area contributed by atoms with Crippen molar-refractivity contribution in [2.24, 2.45) is 16.8 Å². The summed E-state index contributed by atoms with van der Waals surface area (Å²) in [6.07, 6.45) is -4.55. The van der Waals surface area contributed by atoms with Crippen molar-refractivity contribution in [2.45, 2.75) is 19.6 Å². The van der Waals surface area contributed by atoms with Crippen LogP contribution in [0.15, 0.2) is 29.4 Å².